The molecule has 0 unspecified atom stereocenters. The molecule has 0 saturated carbocycles. The average Bonchev–Trinajstić information content (AvgIpc) is 3.16. The second kappa shape index (κ2) is 5.31. The van der Waals surface area contributed by atoms with Crippen molar-refractivity contribution in [1.82, 2.24) is 29.3 Å². The van der Waals surface area contributed by atoms with Gasteiger partial charge in [0.15, 0.2) is 11.5 Å². The van der Waals surface area contributed by atoms with Crippen LogP contribution in [-0.4, -0.2) is 29.3 Å². The zero-order chi connectivity index (χ0) is 15.8. The Balaban J connectivity index is 1.78. The predicted molar refractivity (Wildman–Crippen MR) is 87.5 cm³/mol. The van der Waals surface area contributed by atoms with Gasteiger partial charge in [-0.05, 0) is 19.4 Å². The molecule has 1 aromatic carbocycles. The van der Waals surface area contributed by atoms with Crippen molar-refractivity contribution in [3.05, 3.63) is 66.1 Å². The monoisotopic (exact) mass is 304 g/mol. The third-order valence-electron chi connectivity index (χ3n) is 3.92. The van der Waals surface area contributed by atoms with Crippen LogP contribution in [-0.2, 0) is 6.54 Å². The van der Waals surface area contributed by atoms with E-state index in [0.29, 0.717) is 6.54 Å². The lowest BCUT2D eigenvalue weighted by atomic mass is 10.1. The molecule has 0 aliphatic rings. The van der Waals surface area contributed by atoms with Crippen LogP contribution in [0, 0.1) is 13.8 Å². The van der Waals surface area contributed by atoms with Crippen LogP contribution < -0.4 is 0 Å². The van der Waals surface area contributed by atoms with E-state index in [9.17, 15) is 0 Å². The molecule has 0 fully saturated rings. The fourth-order valence-corrected chi connectivity index (χ4v) is 2.66. The van der Waals surface area contributed by atoms with E-state index < -0.39 is 0 Å². The maximum Gasteiger partial charge on any atom is 0.163 e. The zero-order valence-corrected chi connectivity index (χ0v) is 13.0. The maximum absolute atomic E-state index is 4.49. The Kier molecular flexibility index (Phi) is 3.15. The normalized spacial score (nSPS) is 11.2. The molecule has 0 atom stereocenters. The van der Waals surface area contributed by atoms with Gasteiger partial charge >= 0.3 is 0 Å². The summed E-state index contributed by atoms with van der Waals surface area (Å²) in [7, 11) is 0. The number of imidazole rings is 1. The number of aryl methyl sites for hydroxylation is 2. The van der Waals surface area contributed by atoms with Crippen molar-refractivity contribution in [2.24, 2.45) is 0 Å². The van der Waals surface area contributed by atoms with Gasteiger partial charge in [0.2, 0.25) is 0 Å². The Morgan fingerprint density at radius 1 is 1.00 bits per heavy atom. The summed E-state index contributed by atoms with van der Waals surface area (Å²) in [6.45, 7) is 4.72. The summed E-state index contributed by atoms with van der Waals surface area (Å²) in [5, 5.41) is 5.41. The van der Waals surface area contributed by atoms with Gasteiger partial charge in [-0.3, -0.25) is 4.57 Å². The molecule has 23 heavy (non-hydrogen) atoms. The lowest BCUT2D eigenvalue weighted by Gasteiger charge is -2.06. The summed E-state index contributed by atoms with van der Waals surface area (Å²) < 4.78 is 3.85. The van der Waals surface area contributed by atoms with Crippen molar-refractivity contribution in [1.29, 1.82) is 0 Å². The topological polar surface area (TPSA) is 61.4 Å². The number of fused-ring (bicyclic) bond motifs is 1. The Bertz CT molecular complexity index is 964. The second-order valence-electron chi connectivity index (χ2n) is 5.57. The molecule has 0 aliphatic carbocycles. The first-order valence-corrected chi connectivity index (χ1v) is 7.45. The fourth-order valence-electron chi connectivity index (χ4n) is 2.66. The molecular formula is C17H16N6. The zero-order valence-electron chi connectivity index (χ0n) is 13.0. The van der Waals surface area contributed by atoms with Crippen molar-refractivity contribution in [3.8, 4) is 5.82 Å². The van der Waals surface area contributed by atoms with Crippen molar-refractivity contribution in [2.45, 2.75) is 20.4 Å². The van der Waals surface area contributed by atoms with Crippen LogP contribution in [0.3, 0.4) is 0 Å². The second-order valence-corrected chi connectivity index (χ2v) is 5.57. The minimum absolute atomic E-state index is 0.684. The van der Waals surface area contributed by atoms with Crippen LogP contribution in [0.1, 0.15) is 17.0 Å². The van der Waals surface area contributed by atoms with E-state index >= 15 is 0 Å². The van der Waals surface area contributed by atoms with Gasteiger partial charge in [-0.25, -0.2) is 19.6 Å². The Morgan fingerprint density at radius 3 is 2.57 bits per heavy atom. The first-order valence-electron chi connectivity index (χ1n) is 7.45. The molecule has 3 aromatic heterocycles. The standard InChI is InChI=1S/C17H16N6/c1-12-3-5-14(6-4-12)10-23-17-15(9-21-23)16(19-11-20-17)22-8-7-18-13(22)2/h3-9,11H,10H2,1-2H3. The Labute approximate surface area is 133 Å². The highest BCUT2D eigenvalue weighted by molar-refractivity contribution is 5.82. The van der Waals surface area contributed by atoms with E-state index in [1.165, 1.54) is 11.1 Å². The molecule has 0 amide bonds. The smallest absolute Gasteiger partial charge is 0.163 e. The van der Waals surface area contributed by atoms with E-state index in [1.807, 2.05) is 28.6 Å². The van der Waals surface area contributed by atoms with Crippen LogP contribution in [0.2, 0.25) is 0 Å². The van der Waals surface area contributed by atoms with Gasteiger partial charge in [0.25, 0.3) is 0 Å². The lowest BCUT2D eigenvalue weighted by molar-refractivity contribution is 0.703. The highest BCUT2D eigenvalue weighted by Gasteiger charge is 2.12. The van der Waals surface area contributed by atoms with Gasteiger partial charge in [0.1, 0.15) is 12.2 Å². The van der Waals surface area contributed by atoms with Crippen molar-refractivity contribution in [2.75, 3.05) is 0 Å². The van der Waals surface area contributed by atoms with Crippen LogP contribution in [0.25, 0.3) is 16.9 Å². The van der Waals surface area contributed by atoms with Crippen molar-refractivity contribution in [3.63, 3.8) is 0 Å². The summed E-state index contributed by atoms with van der Waals surface area (Å²) >= 11 is 0. The number of aromatic nitrogens is 6. The first-order chi connectivity index (χ1) is 11.2. The molecule has 0 spiro atoms. The van der Waals surface area contributed by atoms with Crippen LogP contribution >= 0.6 is 0 Å². The first kappa shape index (κ1) is 13.6. The van der Waals surface area contributed by atoms with E-state index in [0.717, 1.165) is 22.7 Å². The van der Waals surface area contributed by atoms with Crippen LogP contribution in [0.5, 0.6) is 0 Å². The largest absolute Gasteiger partial charge is 0.287 e. The SMILES string of the molecule is Cc1ccc(Cn2ncc3c(-n4ccnc4C)ncnc32)cc1. The fraction of sp³-hybridized carbons (Fsp3) is 0.176. The average molecular weight is 304 g/mol. The van der Waals surface area contributed by atoms with Gasteiger partial charge in [0.05, 0.1) is 18.1 Å². The van der Waals surface area contributed by atoms with E-state index in [2.05, 4.69) is 51.2 Å². The number of hydrogen-bond donors (Lipinski definition) is 0. The summed E-state index contributed by atoms with van der Waals surface area (Å²) in [6.07, 6.45) is 7.05. The van der Waals surface area contributed by atoms with Crippen LogP contribution in [0.15, 0.2) is 49.2 Å². The molecule has 3 heterocycles. The number of nitrogens with zero attached hydrogens (tertiary/aromatic N) is 6. The maximum atomic E-state index is 4.49. The Hall–Kier alpha value is -3.02. The molecule has 0 radical (unpaired) electrons. The lowest BCUT2D eigenvalue weighted by Crippen LogP contribution is -2.04. The summed E-state index contributed by atoms with van der Waals surface area (Å²) in [6, 6.07) is 8.45. The summed E-state index contributed by atoms with van der Waals surface area (Å²) in [4.78, 5) is 13.1. The van der Waals surface area contributed by atoms with Crippen molar-refractivity contribution < 1.29 is 0 Å². The molecule has 4 aromatic rings. The third-order valence-corrected chi connectivity index (χ3v) is 3.92. The molecular weight excluding hydrogens is 288 g/mol. The highest BCUT2D eigenvalue weighted by atomic mass is 15.3. The molecule has 0 N–H and O–H groups in total. The molecule has 6 nitrogen and oxygen atoms in total. The van der Waals surface area contributed by atoms with E-state index in [1.54, 1.807) is 12.5 Å². The third kappa shape index (κ3) is 2.38. The minimum atomic E-state index is 0.684. The Morgan fingerprint density at radius 2 is 1.83 bits per heavy atom. The van der Waals surface area contributed by atoms with E-state index in [-0.39, 0.29) is 0 Å². The molecule has 114 valence electrons. The molecule has 0 aliphatic heterocycles. The van der Waals surface area contributed by atoms with Gasteiger partial charge in [0, 0.05) is 12.4 Å². The number of hydrogen-bond acceptors (Lipinski definition) is 4. The summed E-state index contributed by atoms with van der Waals surface area (Å²) in [5.74, 6) is 1.69. The van der Waals surface area contributed by atoms with Gasteiger partial charge in [-0.15, -0.1) is 0 Å². The quantitative estimate of drug-likeness (QED) is 0.584. The molecule has 0 saturated heterocycles. The predicted octanol–water partition coefficient (Wildman–Crippen LogP) is 2.68. The number of rotatable bonds is 3. The molecule has 6 heteroatoms. The summed E-state index contributed by atoms with van der Waals surface area (Å²) in [5.41, 5.74) is 3.27. The number of benzene rings is 1. The van der Waals surface area contributed by atoms with Crippen molar-refractivity contribution >= 4 is 11.0 Å². The van der Waals surface area contributed by atoms with Gasteiger partial charge in [-0.2, -0.15) is 5.10 Å². The minimum Gasteiger partial charge on any atom is -0.287 e. The van der Waals surface area contributed by atoms with Crippen LogP contribution in [0.4, 0.5) is 0 Å². The van der Waals surface area contributed by atoms with Gasteiger partial charge in [-0.1, -0.05) is 29.8 Å². The molecule has 0 bridgehead atoms. The van der Waals surface area contributed by atoms with E-state index in [4.69, 9.17) is 0 Å². The molecule has 4 rings (SSSR count). The highest BCUT2D eigenvalue weighted by Crippen LogP contribution is 2.19. The van der Waals surface area contributed by atoms with Gasteiger partial charge < -0.3 is 0 Å².